The Morgan fingerprint density at radius 2 is 1.81 bits per heavy atom. The molecule has 0 bridgehead atoms. The van der Waals surface area contributed by atoms with Crippen LogP contribution in [0, 0.1) is 17.1 Å². The highest BCUT2D eigenvalue weighted by Crippen LogP contribution is 2.36. The van der Waals surface area contributed by atoms with Crippen LogP contribution in [0.5, 0.6) is 0 Å². The van der Waals surface area contributed by atoms with Gasteiger partial charge in [0.15, 0.2) is 0 Å². The van der Waals surface area contributed by atoms with Gasteiger partial charge < -0.3 is 28.8 Å². The zero-order valence-corrected chi connectivity index (χ0v) is 26.3. The van der Waals surface area contributed by atoms with E-state index in [0.717, 1.165) is 0 Å². The van der Waals surface area contributed by atoms with Crippen LogP contribution in [0.1, 0.15) is 76.0 Å². The largest absolute Gasteiger partial charge is 0.456 e. The summed E-state index contributed by atoms with van der Waals surface area (Å²) in [6.07, 6.45) is 0.748. The smallest absolute Gasteiger partial charge is 0.407 e. The van der Waals surface area contributed by atoms with Gasteiger partial charge in [0, 0.05) is 36.6 Å². The minimum Gasteiger partial charge on any atom is -0.456 e. The summed E-state index contributed by atoms with van der Waals surface area (Å²) in [6, 6.07) is 7.12. The number of rotatable bonds is 5. The lowest BCUT2D eigenvalue weighted by atomic mass is 10.0. The topological polar surface area (TPSA) is 119 Å². The predicted molar refractivity (Wildman–Crippen MR) is 162 cm³/mol. The molecular weight excluding hydrogens is 577 g/mol. The van der Waals surface area contributed by atoms with E-state index in [0.29, 0.717) is 30.8 Å². The summed E-state index contributed by atoms with van der Waals surface area (Å²) in [5.74, 6) is -0.840. The molecule has 0 spiro atoms. The number of alkyl carbamates (subject to hydrolysis) is 1. The molecule has 1 aliphatic rings. The molecular formula is C31H37ClFN5O5. The SMILES string of the molecule is Cn1c(C#N)cc2c(C(=O)OC(C)(C)C)c(N3CCC[C@@H](NC(=O)OC(C)(C)C)C3)n(Cc3cc(F)ccc3Cl)c2c1=O. The summed E-state index contributed by atoms with van der Waals surface area (Å²) < 4.78 is 28.5. The lowest BCUT2D eigenvalue weighted by Crippen LogP contribution is -2.49. The number of amides is 1. The third-order valence-corrected chi connectivity index (χ3v) is 7.29. The molecule has 4 rings (SSSR count). The fraction of sp³-hybridized carbons (Fsp3) is 0.484. The van der Waals surface area contributed by atoms with Crippen molar-refractivity contribution in [3.8, 4) is 6.07 Å². The number of nitrogens with zero attached hydrogens (tertiary/aromatic N) is 4. The normalized spacial score (nSPS) is 15.7. The molecule has 0 unspecified atom stereocenters. The second kappa shape index (κ2) is 11.9. The van der Waals surface area contributed by atoms with Gasteiger partial charge in [0.25, 0.3) is 5.56 Å². The van der Waals surface area contributed by atoms with Crippen molar-refractivity contribution in [3.63, 3.8) is 0 Å². The average Bonchev–Trinajstić information content (AvgIpc) is 3.20. The Morgan fingerprint density at radius 1 is 1.14 bits per heavy atom. The zero-order valence-electron chi connectivity index (χ0n) is 25.5. The van der Waals surface area contributed by atoms with Crippen LogP contribution in [0.4, 0.5) is 15.0 Å². The number of ether oxygens (including phenoxy) is 2. The van der Waals surface area contributed by atoms with Crippen LogP contribution >= 0.6 is 11.6 Å². The van der Waals surface area contributed by atoms with Crippen LogP contribution in [0.2, 0.25) is 5.02 Å². The number of aromatic nitrogens is 2. The van der Waals surface area contributed by atoms with Crippen LogP contribution < -0.4 is 15.8 Å². The van der Waals surface area contributed by atoms with Crippen LogP contribution in [0.3, 0.4) is 0 Å². The molecule has 1 saturated heterocycles. The fourth-order valence-corrected chi connectivity index (χ4v) is 5.39. The van der Waals surface area contributed by atoms with E-state index in [9.17, 15) is 24.0 Å². The number of hydrogen-bond acceptors (Lipinski definition) is 7. The summed E-state index contributed by atoms with van der Waals surface area (Å²) in [5, 5.41) is 13.2. The van der Waals surface area contributed by atoms with E-state index < -0.39 is 34.6 Å². The number of nitriles is 1. The molecule has 10 nitrogen and oxygen atoms in total. The molecule has 230 valence electrons. The molecule has 3 aromatic rings. The minimum absolute atomic E-state index is 0.0486. The molecule has 12 heteroatoms. The summed E-state index contributed by atoms with van der Waals surface area (Å²) in [5.41, 5.74) is -1.38. The Bertz CT molecular complexity index is 1680. The standard InChI is InChI=1S/C31H37ClFN5O5/c1-30(2,3)42-28(40)24-22-14-21(15-34)36(7)27(39)25(22)38(16-18-13-19(33)10-11-23(18)32)26(24)37-12-8-9-20(17-37)35-29(41)43-31(4,5)6/h10-11,13-14,20H,8-9,12,16-17H2,1-7H3,(H,35,41)/t20-/m1/s1. The Hall–Kier alpha value is -4.04. The van der Waals surface area contributed by atoms with Gasteiger partial charge in [-0.1, -0.05) is 11.6 Å². The Morgan fingerprint density at radius 3 is 2.44 bits per heavy atom. The number of piperidine rings is 1. The highest BCUT2D eigenvalue weighted by Gasteiger charge is 2.35. The number of anilines is 1. The first kappa shape index (κ1) is 31.9. The number of halogens is 2. The van der Waals surface area contributed by atoms with Gasteiger partial charge in [0.1, 0.15) is 45.7 Å². The van der Waals surface area contributed by atoms with Crippen molar-refractivity contribution >= 4 is 40.4 Å². The zero-order chi connectivity index (χ0) is 31.9. The highest BCUT2D eigenvalue weighted by atomic mass is 35.5. The first-order valence-corrected chi connectivity index (χ1v) is 14.4. The monoisotopic (exact) mass is 613 g/mol. The van der Waals surface area contributed by atoms with Crippen molar-refractivity contribution in [2.45, 2.75) is 78.2 Å². The Labute approximate surface area is 254 Å². The number of fused-ring (bicyclic) bond motifs is 1. The molecule has 1 aliphatic heterocycles. The van der Waals surface area contributed by atoms with Crippen LogP contribution in [-0.4, -0.2) is 51.5 Å². The number of esters is 1. The second-order valence-corrected chi connectivity index (χ2v) is 13.1. The van der Waals surface area contributed by atoms with E-state index in [1.165, 1.54) is 35.9 Å². The summed E-state index contributed by atoms with van der Waals surface area (Å²) >= 11 is 6.47. The maximum absolute atomic E-state index is 14.4. The maximum Gasteiger partial charge on any atom is 0.407 e. The minimum atomic E-state index is -0.866. The van der Waals surface area contributed by atoms with Crippen molar-refractivity contribution in [1.82, 2.24) is 14.5 Å². The van der Waals surface area contributed by atoms with Crippen molar-refractivity contribution in [2.75, 3.05) is 18.0 Å². The molecule has 1 amide bonds. The molecule has 1 atom stereocenters. The van der Waals surface area contributed by atoms with Crippen LogP contribution in [0.25, 0.3) is 10.9 Å². The van der Waals surface area contributed by atoms with Gasteiger partial charge in [-0.05, 0) is 84.2 Å². The number of hydrogen-bond donors (Lipinski definition) is 1. The van der Waals surface area contributed by atoms with E-state index in [2.05, 4.69) is 5.32 Å². The molecule has 1 aromatic carbocycles. The molecule has 0 saturated carbocycles. The van der Waals surface area contributed by atoms with Gasteiger partial charge in [-0.3, -0.25) is 4.79 Å². The first-order chi connectivity index (χ1) is 20.0. The molecule has 1 N–H and O–H groups in total. The number of pyridine rings is 1. The first-order valence-electron chi connectivity index (χ1n) is 14.1. The van der Waals surface area contributed by atoms with Crippen molar-refractivity contribution in [1.29, 1.82) is 5.26 Å². The second-order valence-electron chi connectivity index (χ2n) is 12.7. The lowest BCUT2D eigenvalue weighted by Gasteiger charge is -2.36. The molecule has 2 aromatic heterocycles. The van der Waals surface area contributed by atoms with Crippen LogP contribution in [0.15, 0.2) is 29.1 Å². The number of nitrogens with one attached hydrogen (secondary N) is 1. The number of benzene rings is 1. The van der Waals surface area contributed by atoms with Crippen molar-refractivity contribution in [2.24, 2.45) is 7.05 Å². The van der Waals surface area contributed by atoms with Crippen molar-refractivity contribution < 1.29 is 23.5 Å². The van der Waals surface area contributed by atoms with E-state index >= 15 is 0 Å². The fourth-order valence-electron chi connectivity index (χ4n) is 5.21. The molecule has 1 fully saturated rings. The number of carbonyl (C=O) groups excluding carboxylic acids is 2. The van der Waals surface area contributed by atoms with Gasteiger partial charge in [0.05, 0.1) is 6.54 Å². The average molecular weight is 614 g/mol. The van der Waals surface area contributed by atoms with Crippen LogP contribution in [-0.2, 0) is 23.1 Å². The quantitative estimate of drug-likeness (QED) is 0.377. The molecule has 43 heavy (non-hydrogen) atoms. The van der Waals surface area contributed by atoms with E-state index in [-0.39, 0.29) is 46.3 Å². The predicted octanol–water partition coefficient (Wildman–Crippen LogP) is 5.50. The summed E-state index contributed by atoms with van der Waals surface area (Å²) in [4.78, 5) is 42.2. The highest BCUT2D eigenvalue weighted by molar-refractivity contribution is 6.31. The lowest BCUT2D eigenvalue weighted by molar-refractivity contribution is 0.00717. The van der Waals surface area contributed by atoms with Gasteiger partial charge in [-0.25, -0.2) is 14.0 Å². The third kappa shape index (κ3) is 7.13. The summed E-state index contributed by atoms with van der Waals surface area (Å²) in [7, 11) is 1.47. The molecule has 3 heterocycles. The third-order valence-electron chi connectivity index (χ3n) is 6.92. The molecule has 0 radical (unpaired) electrons. The van der Waals surface area contributed by atoms with Gasteiger partial charge in [-0.15, -0.1) is 0 Å². The molecule has 0 aliphatic carbocycles. The van der Waals surface area contributed by atoms with Crippen molar-refractivity contribution in [3.05, 3.63) is 62.3 Å². The van der Waals surface area contributed by atoms with Gasteiger partial charge >= 0.3 is 12.1 Å². The Kier molecular flexibility index (Phi) is 8.84. The van der Waals surface area contributed by atoms with Gasteiger partial charge in [0.2, 0.25) is 0 Å². The van der Waals surface area contributed by atoms with E-state index in [1.807, 2.05) is 11.0 Å². The Balaban J connectivity index is 1.96. The van der Waals surface area contributed by atoms with Gasteiger partial charge in [-0.2, -0.15) is 5.26 Å². The van der Waals surface area contributed by atoms with E-state index in [1.54, 1.807) is 46.1 Å². The summed E-state index contributed by atoms with van der Waals surface area (Å²) in [6.45, 7) is 11.3. The van der Waals surface area contributed by atoms with E-state index in [4.69, 9.17) is 21.1 Å². The maximum atomic E-state index is 14.4. The number of carbonyl (C=O) groups is 2.